The van der Waals surface area contributed by atoms with Crippen molar-refractivity contribution in [2.24, 2.45) is 0 Å². The molecule has 2 aromatic rings. The van der Waals surface area contributed by atoms with Crippen LogP contribution in [0.2, 0.25) is 0 Å². The number of piperidine rings is 1. The van der Waals surface area contributed by atoms with Crippen LogP contribution in [0.1, 0.15) is 18.7 Å². The minimum Gasteiger partial charge on any atom is -0.437 e. The normalized spacial score (nSPS) is 20.8. The van der Waals surface area contributed by atoms with Crippen LogP contribution < -0.4 is 0 Å². The number of rotatable bonds is 2. The monoisotopic (exact) mass is 314 g/mol. The molecular weight excluding hydrogens is 296 g/mol. The predicted octanol–water partition coefficient (Wildman–Crippen LogP) is 2.21. The van der Waals surface area contributed by atoms with Crippen molar-refractivity contribution in [1.82, 2.24) is 9.88 Å². The van der Waals surface area contributed by atoms with Crippen LogP contribution in [0.5, 0.6) is 0 Å². The summed E-state index contributed by atoms with van der Waals surface area (Å²) in [5.41, 5.74) is 1.50. The fourth-order valence-electron chi connectivity index (χ4n) is 3.06. The average Bonchev–Trinajstić information content (AvgIpc) is 3.20. The van der Waals surface area contributed by atoms with Crippen LogP contribution >= 0.6 is 0 Å². The third-order valence-corrected chi connectivity index (χ3v) is 4.33. The minimum absolute atomic E-state index is 0.0416. The standard InChI is InChI=1S/C17H18N2O4/c20-16(19-9-7-17(8-10-19)21-11-12-22-17)6-5-15-18-13-3-1-2-4-14(13)23-15/h1-6H,7-12H2/b6-5+. The van der Waals surface area contributed by atoms with Gasteiger partial charge in [-0.1, -0.05) is 12.1 Å². The number of fused-ring (bicyclic) bond motifs is 1. The lowest BCUT2D eigenvalue weighted by molar-refractivity contribution is -0.186. The molecule has 0 aliphatic carbocycles. The second-order valence-corrected chi connectivity index (χ2v) is 5.79. The highest BCUT2D eigenvalue weighted by Crippen LogP contribution is 2.31. The summed E-state index contributed by atoms with van der Waals surface area (Å²) >= 11 is 0. The van der Waals surface area contributed by atoms with Crippen molar-refractivity contribution in [3.63, 3.8) is 0 Å². The maximum Gasteiger partial charge on any atom is 0.246 e. The Labute approximate surface area is 133 Å². The molecule has 0 bridgehead atoms. The van der Waals surface area contributed by atoms with E-state index < -0.39 is 5.79 Å². The summed E-state index contributed by atoms with van der Waals surface area (Å²) in [4.78, 5) is 18.4. The summed E-state index contributed by atoms with van der Waals surface area (Å²) < 4.78 is 16.9. The van der Waals surface area contributed by atoms with E-state index in [1.165, 1.54) is 6.08 Å². The first-order valence-corrected chi connectivity index (χ1v) is 7.85. The Bertz CT molecular complexity index is 703. The Morgan fingerprint density at radius 1 is 1.17 bits per heavy atom. The smallest absolute Gasteiger partial charge is 0.246 e. The molecule has 1 spiro atoms. The SMILES string of the molecule is O=C(/C=C/c1nc2ccccc2o1)N1CCC2(CC1)OCCO2. The number of benzene rings is 1. The molecular formula is C17H18N2O4. The lowest BCUT2D eigenvalue weighted by Crippen LogP contribution is -2.46. The summed E-state index contributed by atoms with van der Waals surface area (Å²) in [7, 11) is 0. The van der Waals surface area contributed by atoms with Gasteiger partial charge < -0.3 is 18.8 Å². The lowest BCUT2D eigenvalue weighted by Gasteiger charge is -2.37. The number of carbonyl (C=O) groups is 1. The number of para-hydroxylation sites is 2. The molecule has 6 heteroatoms. The highest BCUT2D eigenvalue weighted by Gasteiger charge is 2.40. The first-order chi connectivity index (χ1) is 11.2. The summed E-state index contributed by atoms with van der Waals surface area (Å²) in [5.74, 6) is -0.0589. The van der Waals surface area contributed by atoms with Crippen LogP contribution in [-0.2, 0) is 14.3 Å². The van der Waals surface area contributed by atoms with Gasteiger partial charge in [0.2, 0.25) is 11.8 Å². The highest BCUT2D eigenvalue weighted by molar-refractivity contribution is 5.91. The number of hydrogen-bond acceptors (Lipinski definition) is 5. The van der Waals surface area contributed by atoms with Gasteiger partial charge in [-0.2, -0.15) is 0 Å². The van der Waals surface area contributed by atoms with E-state index >= 15 is 0 Å². The van der Waals surface area contributed by atoms with Crippen LogP contribution in [0.25, 0.3) is 17.2 Å². The highest BCUT2D eigenvalue weighted by atomic mass is 16.7. The number of nitrogens with zero attached hydrogens (tertiary/aromatic N) is 2. The molecule has 2 aliphatic rings. The molecule has 4 rings (SSSR count). The largest absolute Gasteiger partial charge is 0.437 e. The van der Waals surface area contributed by atoms with Gasteiger partial charge in [-0.05, 0) is 12.1 Å². The lowest BCUT2D eigenvalue weighted by atomic mass is 10.0. The summed E-state index contributed by atoms with van der Waals surface area (Å²) in [6.07, 6.45) is 4.57. The van der Waals surface area contributed by atoms with E-state index in [0.717, 1.165) is 23.9 Å². The van der Waals surface area contributed by atoms with Crippen LogP contribution in [0.4, 0.5) is 0 Å². The molecule has 1 aromatic carbocycles. The third kappa shape index (κ3) is 2.87. The van der Waals surface area contributed by atoms with Gasteiger partial charge in [0, 0.05) is 38.1 Å². The number of hydrogen-bond donors (Lipinski definition) is 0. The van der Waals surface area contributed by atoms with Crippen molar-refractivity contribution in [3.8, 4) is 0 Å². The molecule has 0 saturated carbocycles. The second kappa shape index (κ2) is 5.79. The molecule has 0 atom stereocenters. The zero-order chi connectivity index (χ0) is 15.7. The van der Waals surface area contributed by atoms with Crippen LogP contribution in [0, 0.1) is 0 Å². The maximum absolute atomic E-state index is 12.3. The second-order valence-electron chi connectivity index (χ2n) is 5.79. The molecule has 2 aliphatic heterocycles. The molecule has 6 nitrogen and oxygen atoms in total. The van der Waals surface area contributed by atoms with Crippen LogP contribution in [-0.4, -0.2) is 47.9 Å². The zero-order valence-corrected chi connectivity index (χ0v) is 12.7. The Kier molecular flexibility index (Phi) is 3.63. The average molecular weight is 314 g/mol. The number of aromatic nitrogens is 1. The quantitative estimate of drug-likeness (QED) is 0.795. The molecule has 3 heterocycles. The van der Waals surface area contributed by atoms with Gasteiger partial charge in [-0.15, -0.1) is 0 Å². The van der Waals surface area contributed by atoms with Crippen molar-refractivity contribution >= 4 is 23.1 Å². The Morgan fingerprint density at radius 2 is 1.91 bits per heavy atom. The molecule has 2 fully saturated rings. The molecule has 120 valence electrons. The summed E-state index contributed by atoms with van der Waals surface area (Å²) in [6.45, 7) is 2.56. The van der Waals surface area contributed by atoms with Gasteiger partial charge in [-0.25, -0.2) is 4.98 Å². The van der Waals surface area contributed by atoms with Crippen LogP contribution in [0.15, 0.2) is 34.8 Å². The summed E-state index contributed by atoms with van der Waals surface area (Å²) in [5, 5.41) is 0. The van der Waals surface area contributed by atoms with Gasteiger partial charge in [0.05, 0.1) is 13.2 Å². The molecule has 1 amide bonds. The van der Waals surface area contributed by atoms with Crippen molar-refractivity contribution < 1.29 is 18.7 Å². The van der Waals surface area contributed by atoms with Crippen LogP contribution in [0.3, 0.4) is 0 Å². The van der Waals surface area contributed by atoms with E-state index in [-0.39, 0.29) is 5.91 Å². The van der Waals surface area contributed by atoms with E-state index in [1.54, 1.807) is 11.0 Å². The van der Waals surface area contributed by atoms with Gasteiger partial charge in [0.1, 0.15) is 5.52 Å². The van der Waals surface area contributed by atoms with Gasteiger partial charge >= 0.3 is 0 Å². The molecule has 0 unspecified atom stereocenters. The molecule has 1 aromatic heterocycles. The molecule has 23 heavy (non-hydrogen) atoms. The molecule has 2 saturated heterocycles. The number of oxazole rings is 1. The minimum atomic E-state index is -0.458. The predicted molar refractivity (Wildman–Crippen MR) is 83.5 cm³/mol. The Morgan fingerprint density at radius 3 is 2.65 bits per heavy atom. The Hall–Kier alpha value is -2.18. The number of amides is 1. The number of carbonyl (C=O) groups excluding carboxylic acids is 1. The zero-order valence-electron chi connectivity index (χ0n) is 12.7. The topological polar surface area (TPSA) is 64.8 Å². The first kappa shape index (κ1) is 14.4. The van der Waals surface area contributed by atoms with Gasteiger partial charge in [0.15, 0.2) is 11.4 Å². The van der Waals surface area contributed by atoms with E-state index in [1.807, 2.05) is 24.3 Å². The van der Waals surface area contributed by atoms with E-state index in [4.69, 9.17) is 13.9 Å². The molecule has 0 radical (unpaired) electrons. The maximum atomic E-state index is 12.3. The van der Waals surface area contributed by atoms with Crippen molar-refractivity contribution in [3.05, 3.63) is 36.2 Å². The summed E-state index contributed by atoms with van der Waals surface area (Å²) in [6, 6.07) is 7.53. The fourth-order valence-corrected chi connectivity index (χ4v) is 3.06. The number of likely N-dealkylation sites (tertiary alicyclic amines) is 1. The van der Waals surface area contributed by atoms with Gasteiger partial charge in [0.25, 0.3) is 0 Å². The molecule has 0 N–H and O–H groups in total. The van der Waals surface area contributed by atoms with Crippen molar-refractivity contribution in [1.29, 1.82) is 0 Å². The fraction of sp³-hybridized carbons (Fsp3) is 0.412. The Balaban J connectivity index is 1.39. The van der Waals surface area contributed by atoms with Gasteiger partial charge in [-0.3, -0.25) is 4.79 Å². The van der Waals surface area contributed by atoms with E-state index in [2.05, 4.69) is 4.98 Å². The number of ether oxygens (including phenoxy) is 2. The first-order valence-electron chi connectivity index (χ1n) is 7.85. The van der Waals surface area contributed by atoms with E-state index in [0.29, 0.717) is 32.2 Å². The van der Waals surface area contributed by atoms with Crippen molar-refractivity contribution in [2.45, 2.75) is 18.6 Å². The third-order valence-electron chi connectivity index (χ3n) is 4.33. The van der Waals surface area contributed by atoms with Crippen molar-refractivity contribution in [2.75, 3.05) is 26.3 Å². The van der Waals surface area contributed by atoms with E-state index in [9.17, 15) is 4.79 Å².